The van der Waals surface area contributed by atoms with Gasteiger partial charge in [-0.05, 0) is 22.0 Å². The fourth-order valence-electron chi connectivity index (χ4n) is 1.15. The van der Waals surface area contributed by atoms with Gasteiger partial charge in [0.25, 0.3) is 0 Å². The number of nitrogens with zero attached hydrogens (tertiary/aromatic N) is 2. The first kappa shape index (κ1) is 10.4. The van der Waals surface area contributed by atoms with Crippen molar-refractivity contribution < 1.29 is 8.94 Å². The molecule has 0 saturated heterocycles. The molecule has 2 rings (SSSR count). The predicted octanol–water partition coefficient (Wildman–Crippen LogP) is 1.76. The number of halogens is 1. The molecule has 0 aliphatic heterocycles. The van der Waals surface area contributed by atoms with Gasteiger partial charge in [0.2, 0.25) is 5.89 Å². The predicted molar refractivity (Wildman–Crippen MR) is 56.1 cm³/mol. The molecular formula is C9H10BrN3O2. The van der Waals surface area contributed by atoms with Gasteiger partial charge in [-0.3, -0.25) is 0 Å². The Balaban J connectivity index is 1.70. The summed E-state index contributed by atoms with van der Waals surface area (Å²) in [5, 5.41) is 6.74. The molecule has 2 heterocycles. The second-order valence-corrected chi connectivity index (χ2v) is 3.81. The average molecular weight is 272 g/mol. The lowest BCUT2D eigenvalue weighted by atomic mass is 10.4. The number of hydrogen-bond acceptors (Lipinski definition) is 5. The molecule has 6 heteroatoms. The molecule has 0 spiro atoms. The van der Waals surface area contributed by atoms with Gasteiger partial charge in [-0.2, -0.15) is 4.98 Å². The molecule has 5 nitrogen and oxygen atoms in total. The Bertz CT molecular complexity index is 399. The highest BCUT2D eigenvalue weighted by Crippen LogP contribution is 2.16. The first-order chi connectivity index (χ1) is 7.36. The Hall–Kier alpha value is -1.14. The minimum atomic E-state index is 0.640. The van der Waals surface area contributed by atoms with Crippen molar-refractivity contribution in [1.29, 1.82) is 0 Å². The van der Waals surface area contributed by atoms with Crippen LogP contribution in [-0.4, -0.2) is 16.7 Å². The molecule has 0 saturated carbocycles. The van der Waals surface area contributed by atoms with Crippen molar-refractivity contribution in [3.05, 3.63) is 34.8 Å². The van der Waals surface area contributed by atoms with Gasteiger partial charge in [-0.25, -0.2) is 0 Å². The molecule has 0 amide bonds. The smallest absolute Gasteiger partial charge is 0.227 e. The second kappa shape index (κ2) is 5.09. The van der Waals surface area contributed by atoms with Crippen molar-refractivity contribution in [1.82, 2.24) is 15.5 Å². The summed E-state index contributed by atoms with van der Waals surface area (Å²) in [5.74, 6) is 1.53. The van der Waals surface area contributed by atoms with Crippen LogP contribution in [0.2, 0.25) is 0 Å². The summed E-state index contributed by atoms with van der Waals surface area (Å²) in [6.07, 6.45) is 3.77. The Labute approximate surface area is 95.0 Å². The van der Waals surface area contributed by atoms with Crippen molar-refractivity contribution in [3.8, 4) is 0 Å². The van der Waals surface area contributed by atoms with Gasteiger partial charge < -0.3 is 14.3 Å². The van der Waals surface area contributed by atoms with E-state index in [-0.39, 0.29) is 0 Å². The van der Waals surface area contributed by atoms with E-state index in [0.29, 0.717) is 12.4 Å². The molecule has 0 radical (unpaired) electrons. The molecule has 2 aromatic heterocycles. The summed E-state index contributed by atoms with van der Waals surface area (Å²) >= 11 is 3.38. The highest BCUT2D eigenvalue weighted by molar-refractivity contribution is 9.10. The van der Waals surface area contributed by atoms with Crippen molar-refractivity contribution in [2.24, 2.45) is 0 Å². The molecule has 1 N–H and O–H groups in total. The van der Waals surface area contributed by atoms with E-state index in [4.69, 9.17) is 8.94 Å². The van der Waals surface area contributed by atoms with Crippen LogP contribution in [0.4, 0.5) is 0 Å². The molecule has 80 valence electrons. The van der Waals surface area contributed by atoms with Crippen LogP contribution in [0, 0.1) is 0 Å². The van der Waals surface area contributed by atoms with Crippen molar-refractivity contribution >= 4 is 15.9 Å². The summed E-state index contributed by atoms with van der Waals surface area (Å²) in [5.41, 5.74) is 0. The molecule has 0 aromatic carbocycles. The molecular weight excluding hydrogens is 262 g/mol. The Morgan fingerprint density at radius 2 is 2.40 bits per heavy atom. The molecule has 0 aliphatic carbocycles. The molecule has 0 fully saturated rings. The van der Waals surface area contributed by atoms with E-state index in [1.54, 1.807) is 6.26 Å². The monoisotopic (exact) mass is 271 g/mol. The molecule has 2 aromatic rings. The average Bonchev–Trinajstić information content (AvgIpc) is 2.85. The van der Waals surface area contributed by atoms with Crippen LogP contribution in [0.25, 0.3) is 0 Å². The van der Waals surface area contributed by atoms with Gasteiger partial charge in [0.1, 0.15) is 5.76 Å². The van der Waals surface area contributed by atoms with E-state index < -0.39 is 0 Å². The topological polar surface area (TPSA) is 64.1 Å². The zero-order valence-corrected chi connectivity index (χ0v) is 9.53. The lowest BCUT2D eigenvalue weighted by molar-refractivity contribution is 0.373. The van der Waals surface area contributed by atoms with Crippen LogP contribution in [0.5, 0.6) is 0 Å². The number of aromatic nitrogens is 2. The third-order valence-electron chi connectivity index (χ3n) is 1.90. The fourth-order valence-corrected chi connectivity index (χ4v) is 1.50. The molecule has 0 atom stereocenters. The molecule has 0 aliphatic rings. The highest BCUT2D eigenvalue weighted by Gasteiger charge is 2.03. The van der Waals surface area contributed by atoms with Crippen molar-refractivity contribution in [2.45, 2.75) is 13.0 Å². The molecule has 0 unspecified atom stereocenters. The van der Waals surface area contributed by atoms with Gasteiger partial charge in [0.15, 0.2) is 6.33 Å². The first-order valence-corrected chi connectivity index (χ1v) is 5.33. The van der Waals surface area contributed by atoms with E-state index in [1.807, 2.05) is 6.07 Å². The quantitative estimate of drug-likeness (QED) is 0.840. The van der Waals surface area contributed by atoms with E-state index in [9.17, 15) is 0 Å². The summed E-state index contributed by atoms with van der Waals surface area (Å²) < 4.78 is 11.1. The second-order valence-electron chi connectivity index (χ2n) is 2.95. The highest BCUT2D eigenvalue weighted by atomic mass is 79.9. The van der Waals surface area contributed by atoms with Gasteiger partial charge >= 0.3 is 0 Å². The maximum absolute atomic E-state index is 5.24. The van der Waals surface area contributed by atoms with Gasteiger partial charge in [-0.1, -0.05) is 5.16 Å². The van der Waals surface area contributed by atoms with Crippen LogP contribution in [0.1, 0.15) is 11.7 Å². The lowest BCUT2D eigenvalue weighted by Gasteiger charge is -2.00. The van der Waals surface area contributed by atoms with Crippen molar-refractivity contribution in [2.75, 3.05) is 6.54 Å². The normalized spacial score (nSPS) is 10.7. The van der Waals surface area contributed by atoms with Crippen LogP contribution in [-0.2, 0) is 13.0 Å². The fraction of sp³-hybridized carbons (Fsp3) is 0.333. The Kier molecular flexibility index (Phi) is 3.52. The van der Waals surface area contributed by atoms with Gasteiger partial charge in [0.05, 0.1) is 17.3 Å². The van der Waals surface area contributed by atoms with Crippen LogP contribution >= 0.6 is 15.9 Å². The SMILES string of the molecule is Brc1ccoc1CNCCc1ncno1. The maximum Gasteiger partial charge on any atom is 0.227 e. The zero-order chi connectivity index (χ0) is 10.5. The summed E-state index contributed by atoms with van der Waals surface area (Å²) in [4.78, 5) is 3.92. The minimum absolute atomic E-state index is 0.640. The van der Waals surface area contributed by atoms with Crippen LogP contribution in [0.15, 0.2) is 32.1 Å². The third-order valence-corrected chi connectivity index (χ3v) is 2.61. The van der Waals surface area contributed by atoms with Crippen LogP contribution < -0.4 is 5.32 Å². The summed E-state index contributed by atoms with van der Waals surface area (Å²) in [6.45, 7) is 1.46. The Morgan fingerprint density at radius 1 is 1.47 bits per heavy atom. The van der Waals surface area contributed by atoms with E-state index >= 15 is 0 Å². The standard InChI is InChI=1S/C9H10BrN3O2/c10-7-2-4-14-8(7)5-11-3-1-9-12-6-13-15-9/h2,4,6,11H,1,3,5H2. The van der Waals surface area contributed by atoms with E-state index in [1.165, 1.54) is 6.33 Å². The lowest BCUT2D eigenvalue weighted by Crippen LogP contribution is -2.16. The zero-order valence-electron chi connectivity index (χ0n) is 7.94. The summed E-state index contributed by atoms with van der Waals surface area (Å²) in [7, 11) is 0. The maximum atomic E-state index is 5.24. The number of hydrogen-bond donors (Lipinski definition) is 1. The molecule has 15 heavy (non-hydrogen) atoms. The minimum Gasteiger partial charge on any atom is -0.467 e. The Morgan fingerprint density at radius 3 is 3.07 bits per heavy atom. The number of rotatable bonds is 5. The first-order valence-electron chi connectivity index (χ1n) is 4.54. The largest absolute Gasteiger partial charge is 0.467 e. The van der Waals surface area contributed by atoms with E-state index in [0.717, 1.165) is 23.2 Å². The third kappa shape index (κ3) is 2.90. The van der Waals surface area contributed by atoms with E-state index in [2.05, 4.69) is 31.4 Å². The number of furan rings is 1. The number of nitrogens with one attached hydrogen (secondary N) is 1. The van der Waals surface area contributed by atoms with Gasteiger partial charge in [-0.15, -0.1) is 0 Å². The van der Waals surface area contributed by atoms with Gasteiger partial charge in [0, 0.05) is 13.0 Å². The molecule has 0 bridgehead atoms. The van der Waals surface area contributed by atoms with Crippen molar-refractivity contribution in [3.63, 3.8) is 0 Å². The van der Waals surface area contributed by atoms with Crippen LogP contribution in [0.3, 0.4) is 0 Å². The summed E-state index contributed by atoms with van der Waals surface area (Å²) in [6, 6.07) is 1.87.